The fraction of sp³-hybridized carbons (Fsp3) is 0.923. The number of hydrogen-bond donors (Lipinski definition) is 3. The molecule has 0 aromatic rings. The zero-order valence-electron chi connectivity index (χ0n) is 10.5. The maximum Gasteiger partial charge on any atom is 0.227 e. The van der Waals surface area contributed by atoms with Crippen LogP contribution in [0.25, 0.3) is 0 Å². The second-order valence-corrected chi connectivity index (χ2v) is 5.62. The van der Waals surface area contributed by atoms with Gasteiger partial charge in [0.2, 0.25) is 5.91 Å². The van der Waals surface area contributed by atoms with Gasteiger partial charge in [0.1, 0.15) is 0 Å². The number of nitrogens with two attached hydrogens (primary N) is 1. The van der Waals surface area contributed by atoms with E-state index in [9.17, 15) is 9.90 Å². The molecule has 2 atom stereocenters. The first-order valence-corrected chi connectivity index (χ1v) is 6.87. The van der Waals surface area contributed by atoms with Gasteiger partial charge in [0.05, 0.1) is 17.6 Å². The molecule has 2 saturated carbocycles. The van der Waals surface area contributed by atoms with Gasteiger partial charge in [0.15, 0.2) is 0 Å². The maximum atomic E-state index is 12.3. The molecule has 0 bridgehead atoms. The highest BCUT2D eigenvalue weighted by Gasteiger charge is 2.41. The van der Waals surface area contributed by atoms with E-state index in [1.165, 1.54) is 0 Å². The van der Waals surface area contributed by atoms with Crippen molar-refractivity contribution in [3.8, 4) is 0 Å². The van der Waals surface area contributed by atoms with Crippen LogP contribution in [0.3, 0.4) is 0 Å². The van der Waals surface area contributed by atoms with Gasteiger partial charge in [-0.1, -0.05) is 25.7 Å². The zero-order chi connectivity index (χ0) is 12.3. The molecule has 98 valence electrons. The summed E-state index contributed by atoms with van der Waals surface area (Å²) in [6, 6.07) is -0.0553. The predicted molar refractivity (Wildman–Crippen MR) is 66.4 cm³/mol. The summed E-state index contributed by atoms with van der Waals surface area (Å²) in [5.41, 5.74) is 5.44. The molecule has 0 aromatic heterocycles. The molecule has 0 heterocycles. The van der Waals surface area contributed by atoms with Crippen molar-refractivity contribution in [2.24, 2.45) is 11.1 Å². The van der Waals surface area contributed by atoms with Gasteiger partial charge in [-0.2, -0.15) is 0 Å². The average Bonchev–Trinajstić information content (AvgIpc) is 2.82. The van der Waals surface area contributed by atoms with Crippen LogP contribution in [0, 0.1) is 5.41 Å². The van der Waals surface area contributed by atoms with Crippen LogP contribution < -0.4 is 11.1 Å². The van der Waals surface area contributed by atoms with Gasteiger partial charge in [0.25, 0.3) is 0 Å². The molecule has 4 nitrogen and oxygen atoms in total. The van der Waals surface area contributed by atoms with Crippen LogP contribution in [0.2, 0.25) is 0 Å². The molecule has 0 aromatic carbocycles. The third-order valence-electron chi connectivity index (χ3n) is 4.48. The minimum Gasteiger partial charge on any atom is -0.391 e. The monoisotopic (exact) mass is 240 g/mol. The summed E-state index contributed by atoms with van der Waals surface area (Å²) in [4.78, 5) is 12.3. The van der Waals surface area contributed by atoms with Crippen LogP contribution in [-0.4, -0.2) is 29.7 Å². The predicted octanol–water partition coefficient (Wildman–Crippen LogP) is 0.925. The van der Waals surface area contributed by atoms with E-state index in [0.717, 1.165) is 51.4 Å². The van der Waals surface area contributed by atoms with Gasteiger partial charge >= 0.3 is 0 Å². The minimum atomic E-state index is -0.371. The highest BCUT2D eigenvalue weighted by Crippen LogP contribution is 2.37. The fourth-order valence-electron chi connectivity index (χ4n) is 3.18. The summed E-state index contributed by atoms with van der Waals surface area (Å²) < 4.78 is 0. The molecule has 17 heavy (non-hydrogen) atoms. The molecule has 0 aliphatic heterocycles. The van der Waals surface area contributed by atoms with Gasteiger partial charge in [-0.25, -0.2) is 0 Å². The Morgan fingerprint density at radius 2 is 1.88 bits per heavy atom. The van der Waals surface area contributed by atoms with Crippen LogP contribution in [0.15, 0.2) is 0 Å². The molecule has 0 radical (unpaired) electrons. The standard InChI is InChI=1S/C13H24N2O2/c14-9-13(7-3-4-8-13)12(17)15-10-5-1-2-6-11(10)16/h10-11,16H,1-9,14H2,(H,15,17)/t10-,11-/m1/s1. The fourth-order valence-corrected chi connectivity index (χ4v) is 3.18. The molecule has 0 unspecified atom stereocenters. The van der Waals surface area contributed by atoms with Gasteiger partial charge in [0, 0.05) is 6.54 Å². The molecule has 0 spiro atoms. The Kier molecular flexibility index (Phi) is 4.05. The first-order chi connectivity index (χ1) is 8.18. The molecule has 2 aliphatic rings. The zero-order valence-corrected chi connectivity index (χ0v) is 10.5. The highest BCUT2D eigenvalue weighted by molar-refractivity contribution is 5.83. The lowest BCUT2D eigenvalue weighted by Gasteiger charge is -2.33. The van der Waals surface area contributed by atoms with E-state index in [1.807, 2.05) is 0 Å². The van der Waals surface area contributed by atoms with Crippen molar-refractivity contribution >= 4 is 5.91 Å². The van der Waals surface area contributed by atoms with Crippen LogP contribution in [-0.2, 0) is 4.79 Å². The van der Waals surface area contributed by atoms with Crippen LogP contribution >= 0.6 is 0 Å². The third-order valence-corrected chi connectivity index (χ3v) is 4.48. The number of hydrogen-bond acceptors (Lipinski definition) is 3. The van der Waals surface area contributed by atoms with E-state index in [1.54, 1.807) is 0 Å². The Balaban J connectivity index is 1.95. The van der Waals surface area contributed by atoms with Crippen LogP contribution in [0.5, 0.6) is 0 Å². The van der Waals surface area contributed by atoms with Crippen molar-refractivity contribution in [3.63, 3.8) is 0 Å². The lowest BCUT2D eigenvalue weighted by Crippen LogP contribution is -2.52. The largest absolute Gasteiger partial charge is 0.391 e. The molecule has 1 amide bonds. The minimum absolute atomic E-state index is 0.0553. The van der Waals surface area contributed by atoms with Gasteiger partial charge in [-0.15, -0.1) is 0 Å². The smallest absolute Gasteiger partial charge is 0.227 e. The number of rotatable bonds is 3. The lowest BCUT2D eigenvalue weighted by molar-refractivity contribution is -0.132. The summed E-state index contributed by atoms with van der Waals surface area (Å²) in [7, 11) is 0. The summed E-state index contributed by atoms with van der Waals surface area (Å²) in [5, 5.41) is 12.9. The Morgan fingerprint density at radius 3 is 2.47 bits per heavy atom. The SMILES string of the molecule is NCC1(C(=O)N[C@@H]2CCCC[C@H]2O)CCCC1. The number of carbonyl (C=O) groups is 1. The first-order valence-electron chi connectivity index (χ1n) is 6.87. The molecule has 2 fully saturated rings. The number of aliphatic hydroxyl groups excluding tert-OH is 1. The Labute approximate surface area is 103 Å². The van der Waals surface area contributed by atoms with E-state index >= 15 is 0 Å². The molecular formula is C13H24N2O2. The van der Waals surface area contributed by atoms with Crippen molar-refractivity contribution in [2.45, 2.75) is 63.5 Å². The van der Waals surface area contributed by atoms with Gasteiger partial charge in [-0.3, -0.25) is 4.79 Å². The van der Waals surface area contributed by atoms with Crippen molar-refractivity contribution in [3.05, 3.63) is 0 Å². The number of aliphatic hydroxyl groups is 1. The van der Waals surface area contributed by atoms with Crippen LogP contribution in [0.4, 0.5) is 0 Å². The van der Waals surface area contributed by atoms with Crippen LogP contribution in [0.1, 0.15) is 51.4 Å². The maximum absolute atomic E-state index is 12.3. The second-order valence-electron chi connectivity index (χ2n) is 5.62. The van der Waals surface area contributed by atoms with E-state index in [4.69, 9.17) is 5.73 Å². The number of amides is 1. The Bertz CT molecular complexity index is 275. The van der Waals surface area contributed by atoms with E-state index in [-0.39, 0.29) is 23.5 Å². The quantitative estimate of drug-likeness (QED) is 0.687. The van der Waals surface area contributed by atoms with E-state index in [2.05, 4.69) is 5.32 Å². The first kappa shape index (κ1) is 12.8. The summed E-state index contributed by atoms with van der Waals surface area (Å²) >= 11 is 0. The number of carbonyl (C=O) groups excluding carboxylic acids is 1. The Morgan fingerprint density at radius 1 is 1.24 bits per heavy atom. The normalized spacial score (nSPS) is 32.4. The third kappa shape index (κ3) is 2.63. The Hall–Kier alpha value is -0.610. The van der Waals surface area contributed by atoms with Crippen molar-refractivity contribution in [1.29, 1.82) is 0 Å². The summed E-state index contributed by atoms with van der Waals surface area (Å²) in [5.74, 6) is 0.0726. The molecule has 2 rings (SSSR count). The van der Waals surface area contributed by atoms with Crippen molar-refractivity contribution in [1.82, 2.24) is 5.32 Å². The molecule has 4 heteroatoms. The topological polar surface area (TPSA) is 75.4 Å². The molecule has 4 N–H and O–H groups in total. The van der Waals surface area contributed by atoms with Gasteiger partial charge < -0.3 is 16.2 Å². The van der Waals surface area contributed by atoms with E-state index < -0.39 is 0 Å². The second kappa shape index (κ2) is 5.36. The van der Waals surface area contributed by atoms with Crippen molar-refractivity contribution in [2.75, 3.05) is 6.54 Å². The summed E-state index contributed by atoms with van der Waals surface area (Å²) in [6.07, 6.45) is 7.48. The lowest BCUT2D eigenvalue weighted by atomic mass is 9.84. The molecule has 2 aliphatic carbocycles. The summed E-state index contributed by atoms with van der Waals surface area (Å²) in [6.45, 7) is 0.432. The molecular weight excluding hydrogens is 216 g/mol. The van der Waals surface area contributed by atoms with Gasteiger partial charge in [-0.05, 0) is 25.7 Å². The van der Waals surface area contributed by atoms with Crippen molar-refractivity contribution < 1.29 is 9.90 Å². The highest BCUT2D eigenvalue weighted by atomic mass is 16.3. The molecule has 0 saturated heterocycles. The number of nitrogens with one attached hydrogen (secondary N) is 1. The van der Waals surface area contributed by atoms with E-state index in [0.29, 0.717) is 6.54 Å². The average molecular weight is 240 g/mol.